The van der Waals surface area contributed by atoms with Crippen LogP contribution in [0.25, 0.3) is 10.9 Å². The second-order valence-corrected chi connectivity index (χ2v) is 5.02. The van der Waals surface area contributed by atoms with E-state index in [-0.39, 0.29) is 0 Å². The van der Waals surface area contributed by atoms with Crippen molar-refractivity contribution < 1.29 is 4.74 Å². The lowest BCUT2D eigenvalue weighted by molar-refractivity contribution is 0.124. The molecule has 1 aromatic carbocycles. The Kier molecular flexibility index (Phi) is 4.93. The van der Waals surface area contributed by atoms with Crippen molar-refractivity contribution in [3.63, 3.8) is 0 Å². The molecule has 0 aliphatic carbocycles. The highest BCUT2D eigenvalue weighted by atomic mass is 32.1. The van der Waals surface area contributed by atoms with Crippen LogP contribution in [0.2, 0.25) is 0 Å². The van der Waals surface area contributed by atoms with E-state index in [1.54, 1.807) is 0 Å². The average Bonchev–Trinajstić information content (AvgIpc) is 2.81. The number of ether oxygens (including phenoxy) is 1. The van der Waals surface area contributed by atoms with Crippen molar-refractivity contribution in [3.8, 4) is 0 Å². The van der Waals surface area contributed by atoms with Gasteiger partial charge >= 0.3 is 0 Å². The molecular weight excluding hydrogens is 256 g/mol. The molecule has 1 heterocycles. The highest BCUT2D eigenvalue weighted by Crippen LogP contribution is 2.20. The average molecular weight is 276 g/mol. The molecule has 0 aliphatic rings. The summed E-state index contributed by atoms with van der Waals surface area (Å²) in [5, 5.41) is 1.11. The Balaban J connectivity index is 2.08. The third-order valence-corrected chi connectivity index (χ3v) is 3.42. The topological polar surface area (TPSA) is 40.2 Å². The van der Waals surface area contributed by atoms with Crippen molar-refractivity contribution in [1.82, 2.24) is 4.57 Å². The molecule has 102 valence electrons. The predicted octanol–water partition coefficient (Wildman–Crippen LogP) is 3.09. The molecule has 0 saturated carbocycles. The van der Waals surface area contributed by atoms with E-state index < -0.39 is 0 Å². The highest BCUT2D eigenvalue weighted by molar-refractivity contribution is 7.80. The van der Waals surface area contributed by atoms with E-state index in [1.807, 2.05) is 12.1 Å². The second-order valence-electron chi connectivity index (χ2n) is 4.58. The molecule has 4 heteroatoms. The zero-order chi connectivity index (χ0) is 13.7. The zero-order valence-electron chi connectivity index (χ0n) is 11.3. The van der Waals surface area contributed by atoms with Crippen LogP contribution in [0.15, 0.2) is 30.5 Å². The van der Waals surface area contributed by atoms with Crippen molar-refractivity contribution in [2.75, 3.05) is 13.2 Å². The van der Waals surface area contributed by atoms with Crippen LogP contribution in [0.1, 0.15) is 25.3 Å². The number of aromatic nitrogens is 1. The third-order valence-electron chi connectivity index (χ3n) is 3.20. The molecule has 0 radical (unpaired) electrons. The Bertz CT molecular complexity index is 562. The predicted molar refractivity (Wildman–Crippen MR) is 83.6 cm³/mol. The Labute approximate surface area is 119 Å². The van der Waals surface area contributed by atoms with Gasteiger partial charge in [0.05, 0.1) is 6.61 Å². The normalized spacial score (nSPS) is 11.0. The number of benzene rings is 1. The van der Waals surface area contributed by atoms with Crippen molar-refractivity contribution in [2.24, 2.45) is 5.73 Å². The first-order valence-electron chi connectivity index (χ1n) is 6.69. The van der Waals surface area contributed by atoms with Gasteiger partial charge in [-0.15, -0.1) is 0 Å². The summed E-state index contributed by atoms with van der Waals surface area (Å²) < 4.78 is 7.79. The van der Waals surface area contributed by atoms with Gasteiger partial charge in [0.15, 0.2) is 0 Å². The molecule has 0 spiro atoms. The maximum atomic E-state index is 5.74. The third kappa shape index (κ3) is 3.33. The minimum atomic E-state index is 0.447. The van der Waals surface area contributed by atoms with Crippen molar-refractivity contribution in [1.29, 1.82) is 0 Å². The molecule has 0 amide bonds. The molecule has 0 fully saturated rings. The van der Waals surface area contributed by atoms with E-state index in [4.69, 9.17) is 22.7 Å². The number of nitrogens with zero attached hydrogens (tertiary/aromatic N) is 1. The Hall–Kier alpha value is -1.39. The number of fused-ring (bicyclic) bond motifs is 1. The van der Waals surface area contributed by atoms with Crippen LogP contribution in [0.3, 0.4) is 0 Å². The fourth-order valence-electron chi connectivity index (χ4n) is 2.14. The van der Waals surface area contributed by atoms with Gasteiger partial charge < -0.3 is 15.0 Å². The Morgan fingerprint density at radius 3 is 2.89 bits per heavy atom. The van der Waals surface area contributed by atoms with Gasteiger partial charge in [0.2, 0.25) is 0 Å². The van der Waals surface area contributed by atoms with Crippen LogP contribution in [0.5, 0.6) is 0 Å². The van der Waals surface area contributed by atoms with Gasteiger partial charge in [0, 0.05) is 35.8 Å². The van der Waals surface area contributed by atoms with Gasteiger partial charge in [-0.3, -0.25) is 0 Å². The molecule has 0 unspecified atom stereocenters. The van der Waals surface area contributed by atoms with Gasteiger partial charge in [0.1, 0.15) is 4.99 Å². The van der Waals surface area contributed by atoms with Crippen LogP contribution >= 0.6 is 12.2 Å². The van der Waals surface area contributed by atoms with Crippen LogP contribution in [-0.2, 0) is 11.3 Å². The van der Waals surface area contributed by atoms with Crippen LogP contribution < -0.4 is 5.73 Å². The fraction of sp³-hybridized carbons (Fsp3) is 0.400. The lowest BCUT2D eigenvalue weighted by Gasteiger charge is -2.07. The first-order chi connectivity index (χ1) is 9.24. The van der Waals surface area contributed by atoms with Crippen molar-refractivity contribution in [2.45, 2.75) is 26.3 Å². The Morgan fingerprint density at radius 1 is 1.32 bits per heavy atom. The largest absolute Gasteiger partial charge is 0.389 e. The first-order valence-corrected chi connectivity index (χ1v) is 7.10. The highest BCUT2D eigenvalue weighted by Gasteiger charge is 2.06. The number of hydrogen-bond acceptors (Lipinski definition) is 2. The summed E-state index contributed by atoms with van der Waals surface area (Å²) in [7, 11) is 0. The minimum Gasteiger partial charge on any atom is -0.389 e. The molecule has 2 rings (SSSR count). The summed E-state index contributed by atoms with van der Waals surface area (Å²) in [6, 6.07) is 8.11. The Morgan fingerprint density at radius 2 is 2.16 bits per heavy atom. The lowest BCUT2D eigenvalue weighted by atomic mass is 10.1. The minimum absolute atomic E-state index is 0.447. The van der Waals surface area contributed by atoms with Crippen molar-refractivity contribution >= 4 is 28.1 Å². The van der Waals surface area contributed by atoms with Gasteiger partial charge in [-0.2, -0.15) is 0 Å². The van der Waals surface area contributed by atoms with E-state index in [1.165, 1.54) is 6.42 Å². The summed E-state index contributed by atoms with van der Waals surface area (Å²) in [6.07, 6.45) is 4.36. The molecule has 0 aliphatic heterocycles. The summed E-state index contributed by atoms with van der Waals surface area (Å²) >= 11 is 5.08. The summed E-state index contributed by atoms with van der Waals surface area (Å²) in [6.45, 7) is 4.60. The smallest absolute Gasteiger partial charge is 0.104 e. The monoisotopic (exact) mass is 276 g/mol. The number of rotatable bonds is 7. The van der Waals surface area contributed by atoms with Gasteiger partial charge in [-0.25, -0.2) is 0 Å². The summed E-state index contributed by atoms with van der Waals surface area (Å²) in [5.74, 6) is 0. The van der Waals surface area contributed by atoms with Crippen LogP contribution in [0.4, 0.5) is 0 Å². The summed E-state index contributed by atoms with van der Waals surface area (Å²) in [4.78, 5) is 0.447. The molecule has 0 atom stereocenters. The lowest BCUT2D eigenvalue weighted by Crippen LogP contribution is -2.10. The van der Waals surface area contributed by atoms with Crippen molar-refractivity contribution in [3.05, 3.63) is 36.0 Å². The quantitative estimate of drug-likeness (QED) is 0.624. The molecule has 3 nitrogen and oxygen atoms in total. The SMILES string of the molecule is CCCCOCCn1ccc2c(C(N)=S)cccc21. The number of nitrogens with two attached hydrogens (primary N) is 1. The maximum Gasteiger partial charge on any atom is 0.104 e. The standard InChI is InChI=1S/C15H20N2OS/c1-2-3-10-18-11-9-17-8-7-12-13(15(16)19)5-4-6-14(12)17/h4-8H,2-3,9-11H2,1H3,(H2,16,19). The van der Waals surface area contributed by atoms with E-state index in [0.717, 1.165) is 42.6 Å². The molecule has 19 heavy (non-hydrogen) atoms. The summed E-state index contributed by atoms with van der Waals surface area (Å²) in [5.41, 5.74) is 7.84. The molecule has 1 aromatic heterocycles. The fourth-order valence-corrected chi connectivity index (χ4v) is 2.32. The zero-order valence-corrected chi connectivity index (χ0v) is 12.1. The molecular formula is C15H20N2OS. The van der Waals surface area contributed by atoms with E-state index >= 15 is 0 Å². The van der Waals surface area contributed by atoms with Crippen LogP contribution in [0, 0.1) is 0 Å². The number of hydrogen-bond donors (Lipinski definition) is 1. The second kappa shape index (κ2) is 6.68. The maximum absolute atomic E-state index is 5.74. The molecule has 0 saturated heterocycles. The number of unbranched alkanes of at least 4 members (excludes halogenated alkanes) is 1. The van der Waals surface area contributed by atoms with E-state index in [0.29, 0.717) is 4.99 Å². The van der Waals surface area contributed by atoms with E-state index in [2.05, 4.69) is 29.8 Å². The van der Waals surface area contributed by atoms with Crippen LogP contribution in [-0.4, -0.2) is 22.8 Å². The molecule has 0 bridgehead atoms. The number of thiocarbonyl (C=S) groups is 1. The van der Waals surface area contributed by atoms with Gasteiger partial charge in [-0.1, -0.05) is 37.7 Å². The van der Waals surface area contributed by atoms with E-state index in [9.17, 15) is 0 Å². The molecule has 2 N–H and O–H groups in total. The van der Waals surface area contributed by atoms with Gasteiger partial charge in [-0.05, 0) is 18.6 Å². The first kappa shape index (κ1) is 14.0. The van der Waals surface area contributed by atoms with Gasteiger partial charge in [0.25, 0.3) is 0 Å². The molecule has 2 aromatic rings.